The molecule has 0 bridgehead atoms. The molecule has 0 aliphatic heterocycles. The van der Waals surface area contributed by atoms with Crippen molar-refractivity contribution in [2.75, 3.05) is 26.9 Å². The molecule has 0 saturated heterocycles. The van der Waals surface area contributed by atoms with Gasteiger partial charge in [-0.15, -0.1) is 0 Å². The van der Waals surface area contributed by atoms with Crippen molar-refractivity contribution in [3.63, 3.8) is 0 Å². The first-order valence-corrected chi connectivity index (χ1v) is 4.16. The van der Waals surface area contributed by atoms with Gasteiger partial charge < -0.3 is 15.2 Å². The third-order valence-corrected chi connectivity index (χ3v) is 1.39. The van der Waals surface area contributed by atoms with E-state index in [0.29, 0.717) is 26.2 Å². The summed E-state index contributed by atoms with van der Waals surface area (Å²) < 4.78 is 9.64. The number of hydrogen-bond acceptors (Lipinski definition) is 4. The summed E-state index contributed by atoms with van der Waals surface area (Å²) in [6, 6.07) is 0. The molecule has 0 fully saturated rings. The van der Waals surface area contributed by atoms with E-state index in [0.717, 1.165) is 12.8 Å². The molecular weight excluding hydrogens is 158 g/mol. The normalized spacial score (nSPS) is 9.83. The van der Waals surface area contributed by atoms with Gasteiger partial charge in [-0.1, -0.05) is 0 Å². The first-order chi connectivity index (χ1) is 5.81. The predicted octanol–water partition coefficient (Wildman–Crippen LogP) is 0.305. The van der Waals surface area contributed by atoms with Gasteiger partial charge in [0, 0.05) is 19.6 Å². The molecule has 0 aromatic rings. The molecule has 0 aromatic heterocycles. The van der Waals surface area contributed by atoms with Gasteiger partial charge in [0.05, 0.1) is 7.11 Å². The van der Waals surface area contributed by atoms with Crippen LogP contribution in [0.4, 0.5) is 0 Å². The van der Waals surface area contributed by atoms with Gasteiger partial charge in [-0.3, -0.25) is 4.79 Å². The van der Waals surface area contributed by atoms with Crippen LogP contribution in [0, 0.1) is 0 Å². The molecular formula is C8H17NO3. The number of ether oxygens (including phenoxy) is 2. The summed E-state index contributed by atoms with van der Waals surface area (Å²) in [5.41, 5.74) is 5.26. The third-order valence-electron chi connectivity index (χ3n) is 1.39. The lowest BCUT2D eigenvalue weighted by atomic mass is 10.3. The van der Waals surface area contributed by atoms with Crippen LogP contribution in [-0.4, -0.2) is 32.8 Å². The molecule has 0 spiro atoms. The predicted molar refractivity (Wildman–Crippen MR) is 45.7 cm³/mol. The molecule has 0 amide bonds. The Kier molecular flexibility index (Phi) is 8.05. The maximum atomic E-state index is 10.6. The first-order valence-electron chi connectivity index (χ1n) is 4.16. The van der Waals surface area contributed by atoms with Crippen LogP contribution < -0.4 is 5.73 Å². The zero-order valence-electron chi connectivity index (χ0n) is 7.54. The van der Waals surface area contributed by atoms with Crippen LogP contribution in [0.25, 0.3) is 0 Å². The van der Waals surface area contributed by atoms with Gasteiger partial charge in [0.1, 0.15) is 0 Å². The Hall–Kier alpha value is -0.610. The second-order valence-corrected chi connectivity index (χ2v) is 2.43. The molecule has 4 nitrogen and oxygen atoms in total. The molecule has 0 saturated carbocycles. The molecule has 72 valence electrons. The Morgan fingerprint density at radius 3 is 2.58 bits per heavy atom. The molecule has 0 aromatic carbocycles. The third kappa shape index (κ3) is 7.50. The van der Waals surface area contributed by atoms with Gasteiger partial charge in [0.25, 0.3) is 0 Å². The van der Waals surface area contributed by atoms with Crippen LogP contribution in [0.5, 0.6) is 0 Å². The number of methoxy groups -OCH3 is 1. The Labute approximate surface area is 73.0 Å². The second kappa shape index (κ2) is 8.49. The molecule has 0 heterocycles. The topological polar surface area (TPSA) is 61.5 Å². The maximum Gasteiger partial charge on any atom is 0.305 e. The van der Waals surface area contributed by atoms with Crippen molar-refractivity contribution in [3.8, 4) is 0 Å². The zero-order valence-corrected chi connectivity index (χ0v) is 7.54. The summed E-state index contributed by atoms with van der Waals surface area (Å²) in [5, 5.41) is 0. The summed E-state index contributed by atoms with van der Waals surface area (Å²) >= 11 is 0. The van der Waals surface area contributed by atoms with Crippen molar-refractivity contribution >= 4 is 5.97 Å². The lowest BCUT2D eigenvalue weighted by Gasteiger charge is -2.01. The second-order valence-electron chi connectivity index (χ2n) is 2.43. The highest BCUT2D eigenvalue weighted by Gasteiger charge is 1.98. The van der Waals surface area contributed by atoms with E-state index in [4.69, 9.17) is 10.5 Å². The zero-order chi connectivity index (χ0) is 9.23. The molecule has 0 rings (SSSR count). The van der Waals surface area contributed by atoms with Gasteiger partial charge >= 0.3 is 5.97 Å². The number of nitrogens with two attached hydrogens (primary N) is 1. The monoisotopic (exact) mass is 175 g/mol. The molecule has 0 radical (unpaired) electrons. The van der Waals surface area contributed by atoms with Crippen LogP contribution in [0.1, 0.15) is 19.3 Å². The Balaban J connectivity index is 2.95. The summed E-state index contributed by atoms with van der Waals surface area (Å²) in [6.45, 7) is 1.93. The maximum absolute atomic E-state index is 10.6. The van der Waals surface area contributed by atoms with Gasteiger partial charge in [-0.05, 0) is 19.4 Å². The van der Waals surface area contributed by atoms with Gasteiger partial charge in [-0.25, -0.2) is 0 Å². The highest BCUT2D eigenvalue weighted by Crippen LogP contribution is 1.92. The first kappa shape index (κ1) is 11.4. The van der Waals surface area contributed by atoms with E-state index < -0.39 is 0 Å². The average molecular weight is 175 g/mol. The number of carbonyl (C=O) groups is 1. The van der Waals surface area contributed by atoms with Gasteiger partial charge in [0.2, 0.25) is 0 Å². The minimum atomic E-state index is -0.183. The SMILES string of the molecule is COC(=O)CCCOCCCN. The van der Waals surface area contributed by atoms with Crippen LogP contribution in [0.2, 0.25) is 0 Å². The van der Waals surface area contributed by atoms with E-state index >= 15 is 0 Å². The quantitative estimate of drug-likeness (QED) is 0.446. The van der Waals surface area contributed by atoms with E-state index in [1.54, 1.807) is 0 Å². The fourth-order valence-corrected chi connectivity index (χ4v) is 0.708. The minimum absolute atomic E-state index is 0.183. The largest absolute Gasteiger partial charge is 0.469 e. The molecule has 4 heteroatoms. The highest BCUT2D eigenvalue weighted by atomic mass is 16.5. The Bertz CT molecular complexity index is 117. The van der Waals surface area contributed by atoms with Crippen LogP contribution in [0.3, 0.4) is 0 Å². The number of esters is 1. The fourth-order valence-electron chi connectivity index (χ4n) is 0.708. The highest BCUT2D eigenvalue weighted by molar-refractivity contribution is 5.68. The molecule has 0 unspecified atom stereocenters. The van der Waals surface area contributed by atoms with E-state index in [-0.39, 0.29) is 5.97 Å². The van der Waals surface area contributed by atoms with Crippen molar-refractivity contribution in [2.24, 2.45) is 5.73 Å². The smallest absolute Gasteiger partial charge is 0.305 e. The number of rotatable bonds is 7. The van der Waals surface area contributed by atoms with Crippen molar-refractivity contribution in [2.45, 2.75) is 19.3 Å². The van der Waals surface area contributed by atoms with Crippen molar-refractivity contribution in [3.05, 3.63) is 0 Å². The summed E-state index contributed by atoms with van der Waals surface area (Å²) in [5.74, 6) is -0.183. The standard InChI is InChI=1S/C8H17NO3/c1-11-8(10)4-2-6-12-7-3-5-9/h2-7,9H2,1H3. The number of hydrogen-bond donors (Lipinski definition) is 1. The van der Waals surface area contributed by atoms with Crippen molar-refractivity contribution in [1.29, 1.82) is 0 Å². The summed E-state index contributed by atoms with van der Waals surface area (Å²) in [4.78, 5) is 10.6. The van der Waals surface area contributed by atoms with Crippen molar-refractivity contribution < 1.29 is 14.3 Å². The van der Waals surface area contributed by atoms with E-state index in [1.165, 1.54) is 7.11 Å². The van der Waals surface area contributed by atoms with Crippen molar-refractivity contribution in [1.82, 2.24) is 0 Å². The van der Waals surface area contributed by atoms with E-state index in [1.807, 2.05) is 0 Å². The molecule has 0 atom stereocenters. The van der Waals surface area contributed by atoms with E-state index in [2.05, 4.69) is 4.74 Å². The Morgan fingerprint density at radius 1 is 1.33 bits per heavy atom. The number of carbonyl (C=O) groups excluding carboxylic acids is 1. The summed E-state index contributed by atoms with van der Waals surface area (Å²) in [6.07, 6.45) is 2.02. The molecule has 2 N–H and O–H groups in total. The van der Waals surface area contributed by atoms with Crippen LogP contribution >= 0.6 is 0 Å². The summed E-state index contributed by atoms with van der Waals surface area (Å²) in [7, 11) is 1.39. The van der Waals surface area contributed by atoms with Crippen LogP contribution in [-0.2, 0) is 14.3 Å². The van der Waals surface area contributed by atoms with Gasteiger partial charge in [0.15, 0.2) is 0 Å². The average Bonchev–Trinajstić information content (AvgIpc) is 2.10. The molecule has 12 heavy (non-hydrogen) atoms. The van der Waals surface area contributed by atoms with E-state index in [9.17, 15) is 4.79 Å². The Morgan fingerprint density at radius 2 is 2.00 bits per heavy atom. The lowest BCUT2D eigenvalue weighted by Crippen LogP contribution is -2.06. The van der Waals surface area contributed by atoms with Crippen LogP contribution in [0.15, 0.2) is 0 Å². The fraction of sp³-hybridized carbons (Fsp3) is 0.875. The minimum Gasteiger partial charge on any atom is -0.469 e. The van der Waals surface area contributed by atoms with Gasteiger partial charge in [-0.2, -0.15) is 0 Å². The lowest BCUT2D eigenvalue weighted by molar-refractivity contribution is -0.141. The molecule has 0 aliphatic carbocycles. The molecule has 0 aliphatic rings.